The second kappa shape index (κ2) is 6.70. The van der Waals surface area contributed by atoms with E-state index in [1.165, 1.54) is 36.4 Å². The zero-order chi connectivity index (χ0) is 17.0. The molecule has 0 atom stereocenters. The SMILES string of the molecule is CC(C)Oc1ccc(C([O-])=NS(=O)(=O)c2ccc(N)cc2)cc1. The summed E-state index contributed by atoms with van der Waals surface area (Å²) < 4.78 is 33.0. The van der Waals surface area contributed by atoms with Gasteiger partial charge in [0, 0.05) is 11.6 Å². The van der Waals surface area contributed by atoms with Crippen molar-refractivity contribution in [2.75, 3.05) is 5.73 Å². The minimum absolute atomic E-state index is 0.00661. The van der Waals surface area contributed by atoms with E-state index in [4.69, 9.17) is 10.5 Å². The van der Waals surface area contributed by atoms with Crippen LogP contribution in [0, 0.1) is 0 Å². The van der Waals surface area contributed by atoms with Gasteiger partial charge in [0.25, 0.3) is 10.0 Å². The lowest BCUT2D eigenvalue weighted by molar-refractivity contribution is -0.212. The van der Waals surface area contributed by atoms with Gasteiger partial charge in [-0.25, -0.2) is 0 Å². The molecule has 6 nitrogen and oxygen atoms in total. The summed E-state index contributed by atoms with van der Waals surface area (Å²) in [5.41, 5.74) is 6.10. The van der Waals surface area contributed by atoms with Gasteiger partial charge in [-0.3, -0.25) is 0 Å². The fraction of sp³-hybridized carbons (Fsp3) is 0.188. The molecule has 2 aromatic rings. The summed E-state index contributed by atoms with van der Waals surface area (Å²) in [7, 11) is -4.06. The van der Waals surface area contributed by atoms with Gasteiger partial charge in [0.15, 0.2) is 0 Å². The number of ether oxygens (including phenoxy) is 1. The molecule has 0 aliphatic carbocycles. The molecule has 23 heavy (non-hydrogen) atoms. The normalized spacial score (nSPS) is 12.4. The molecule has 0 aliphatic heterocycles. The lowest BCUT2D eigenvalue weighted by atomic mass is 10.2. The quantitative estimate of drug-likeness (QED) is 0.508. The highest BCUT2D eigenvalue weighted by molar-refractivity contribution is 7.90. The van der Waals surface area contributed by atoms with Crippen LogP contribution in [0.15, 0.2) is 57.8 Å². The molecule has 122 valence electrons. The molecule has 0 saturated heterocycles. The van der Waals surface area contributed by atoms with Crippen LogP contribution in [0.5, 0.6) is 5.75 Å². The number of nitrogens with zero attached hydrogens (tertiary/aromatic N) is 1. The lowest BCUT2D eigenvalue weighted by Gasteiger charge is -2.13. The van der Waals surface area contributed by atoms with Crippen LogP contribution >= 0.6 is 0 Å². The van der Waals surface area contributed by atoms with E-state index in [1.807, 2.05) is 13.8 Å². The Bertz CT molecular complexity index is 795. The second-order valence-corrected chi connectivity index (χ2v) is 6.74. The average molecular weight is 333 g/mol. The largest absolute Gasteiger partial charge is 0.858 e. The fourth-order valence-electron chi connectivity index (χ4n) is 1.80. The first-order valence-electron chi connectivity index (χ1n) is 6.92. The number of hydrogen-bond acceptors (Lipinski definition) is 5. The summed E-state index contributed by atoms with van der Waals surface area (Å²) >= 11 is 0. The van der Waals surface area contributed by atoms with Gasteiger partial charge in [0.1, 0.15) is 5.75 Å². The molecule has 0 radical (unpaired) electrons. The Morgan fingerprint density at radius 1 is 1.09 bits per heavy atom. The van der Waals surface area contributed by atoms with Crippen molar-refractivity contribution in [1.82, 2.24) is 0 Å². The van der Waals surface area contributed by atoms with Crippen LogP contribution in [-0.4, -0.2) is 20.4 Å². The monoisotopic (exact) mass is 333 g/mol. The molecule has 0 unspecified atom stereocenters. The molecule has 0 aliphatic rings. The van der Waals surface area contributed by atoms with Crippen molar-refractivity contribution in [1.29, 1.82) is 0 Å². The molecule has 0 amide bonds. The molecule has 2 aromatic carbocycles. The number of sulfonamides is 1. The van der Waals surface area contributed by atoms with Gasteiger partial charge in [-0.15, -0.1) is 0 Å². The van der Waals surface area contributed by atoms with Gasteiger partial charge >= 0.3 is 0 Å². The summed E-state index contributed by atoms with van der Waals surface area (Å²) in [6, 6.07) is 11.6. The number of nitrogen functional groups attached to an aromatic ring is 1. The molecule has 2 N–H and O–H groups in total. The van der Waals surface area contributed by atoms with Crippen LogP contribution in [0.4, 0.5) is 5.69 Å². The third-order valence-corrected chi connectivity index (χ3v) is 4.13. The molecular weight excluding hydrogens is 316 g/mol. The predicted octanol–water partition coefficient (Wildman–Crippen LogP) is 1.55. The fourth-order valence-corrected chi connectivity index (χ4v) is 2.71. The van der Waals surface area contributed by atoms with Crippen LogP contribution in [0.2, 0.25) is 0 Å². The van der Waals surface area contributed by atoms with E-state index in [0.717, 1.165) is 0 Å². The molecular formula is C16H17N2O4S-. The van der Waals surface area contributed by atoms with Crippen LogP contribution in [-0.2, 0) is 10.0 Å². The Hall–Kier alpha value is -2.54. The van der Waals surface area contributed by atoms with Crippen molar-refractivity contribution >= 4 is 21.6 Å². The van der Waals surface area contributed by atoms with Crippen molar-refractivity contribution in [2.45, 2.75) is 24.8 Å². The smallest absolute Gasteiger partial charge is 0.281 e. The van der Waals surface area contributed by atoms with Crippen LogP contribution < -0.4 is 15.6 Å². The minimum atomic E-state index is -4.06. The highest BCUT2D eigenvalue weighted by Crippen LogP contribution is 2.17. The minimum Gasteiger partial charge on any atom is -0.858 e. The number of rotatable bonds is 5. The first-order chi connectivity index (χ1) is 10.8. The molecule has 0 saturated carbocycles. The van der Waals surface area contributed by atoms with Crippen molar-refractivity contribution < 1.29 is 18.3 Å². The van der Waals surface area contributed by atoms with Crippen molar-refractivity contribution in [3.63, 3.8) is 0 Å². The zero-order valence-electron chi connectivity index (χ0n) is 12.8. The maximum absolute atomic E-state index is 12.1. The van der Waals surface area contributed by atoms with Gasteiger partial charge in [0.2, 0.25) is 0 Å². The highest BCUT2D eigenvalue weighted by Gasteiger charge is 2.12. The lowest BCUT2D eigenvalue weighted by Crippen LogP contribution is -2.21. The molecule has 0 heterocycles. The summed E-state index contributed by atoms with van der Waals surface area (Å²) in [6.07, 6.45) is 0.00661. The average Bonchev–Trinajstić information content (AvgIpc) is 2.47. The Balaban J connectivity index is 2.26. The summed E-state index contributed by atoms with van der Waals surface area (Å²) in [4.78, 5) is -0.0835. The number of anilines is 1. The molecule has 0 aromatic heterocycles. The standard InChI is InChI=1S/C16H18N2O4S/c1-11(2)22-14-7-3-12(4-8-14)16(19)18-23(20,21)15-9-5-13(17)6-10-15/h3-11H,17H2,1-2H3,(H,18,19)/p-1. The van der Waals surface area contributed by atoms with E-state index in [1.54, 1.807) is 12.1 Å². The van der Waals surface area contributed by atoms with Crippen molar-refractivity contribution in [3.8, 4) is 5.75 Å². The van der Waals surface area contributed by atoms with Gasteiger partial charge < -0.3 is 15.6 Å². The first kappa shape index (κ1) is 16.8. The molecule has 0 bridgehead atoms. The van der Waals surface area contributed by atoms with E-state index in [-0.39, 0.29) is 16.6 Å². The Labute approximate surface area is 135 Å². The van der Waals surface area contributed by atoms with Crippen LogP contribution in [0.1, 0.15) is 19.4 Å². The van der Waals surface area contributed by atoms with E-state index in [9.17, 15) is 13.5 Å². The molecule has 0 spiro atoms. The predicted molar refractivity (Wildman–Crippen MR) is 86.8 cm³/mol. The first-order valence-corrected chi connectivity index (χ1v) is 8.36. The van der Waals surface area contributed by atoms with E-state index < -0.39 is 15.9 Å². The van der Waals surface area contributed by atoms with E-state index in [0.29, 0.717) is 11.4 Å². The zero-order valence-corrected chi connectivity index (χ0v) is 13.6. The maximum Gasteiger partial charge on any atom is 0.281 e. The Morgan fingerprint density at radius 3 is 2.17 bits per heavy atom. The Morgan fingerprint density at radius 2 is 1.65 bits per heavy atom. The summed E-state index contributed by atoms with van der Waals surface area (Å²) in [5.74, 6) is -0.240. The number of benzene rings is 2. The molecule has 2 rings (SSSR count). The molecule has 0 fully saturated rings. The summed E-state index contributed by atoms with van der Waals surface area (Å²) in [5, 5.41) is 12.0. The topological polar surface area (TPSA) is 105 Å². The van der Waals surface area contributed by atoms with Gasteiger partial charge in [-0.1, -0.05) is 12.1 Å². The maximum atomic E-state index is 12.1. The van der Waals surface area contributed by atoms with Gasteiger partial charge in [-0.2, -0.15) is 12.8 Å². The Kier molecular flexibility index (Phi) is 4.90. The number of hydrogen-bond donors (Lipinski definition) is 1. The van der Waals surface area contributed by atoms with E-state index in [2.05, 4.69) is 4.40 Å². The van der Waals surface area contributed by atoms with Crippen molar-refractivity contribution in [3.05, 3.63) is 54.1 Å². The van der Waals surface area contributed by atoms with E-state index >= 15 is 0 Å². The second-order valence-electron chi connectivity index (χ2n) is 5.13. The molecule has 7 heteroatoms. The van der Waals surface area contributed by atoms with Crippen LogP contribution in [0.25, 0.3) is 0 Å². The van der Waals surface area contributed by atoms with Gasteiger partial charge in [0.05, 0.1) is 11.0 Å². The summed E-state index contributed by atoms with van der Waals surface area (Å²) in [6.45, 7) is 3.77. The van der Waals surface area contributed by atoms with Gasteiger partial charge in [-0.05, 0) is 55.8 Å². The third-order valence-electron chi connectivity index (χ3n) is 2.85. The van der Waals surface area contributed by atoms with Crippen LogP contribution in [0.3, 0.4) is 0 Å². The number of nitrogens with two attached hydrogens (primary N) is 1. The highest BCUT2D eigenvalue weighted by atomic mass is 32.2. The third kappa shape index (κ3) is 4.46. The van der Waals surface area contributed by atoms with Crippen molar-refractivity contribution in [2.24, 2.45) is 4.40 Å².